The molecule has 2 N–H and O–H groups in total. The van der Waals surface area contributed by atoms with Crippen molar-refractivity contribution in [1.82, 2.24) is 5.43 Å². The first-order valence-electron chi connectivity index (χ1n) is 7.40. The maximum absolute atomic E-state index is 12.6. The number of anilines is 1. The summed E-state index contributed by atoms with van der Waals surface area (Å²) in [5.74, 6) is 0.671. The fraction of sp³-hybridized carbons (Fsp3) is 0.176. The summed E-state index contributed by atoms with van der Waals surface area (Å²) in [6, 6.07) is 11.9. The molecule has 26 heavy (non-hydrogen) atoms. The maximum Gasteiger partial charge on any atom is 0.387 e. The Bertz CT molecular complexity index is 788. The summed E-state index contributed by atoms with van der Waals surface area (Å²) in [4.78, 5) is 0. The third-order valence-electron chi connectivity index (χ3n) is 3.16. The minimum Gasteiger partial charge on any atom is -0.495 e. The van der Waals surface area contributed by atoms with E-state index in [4.69, 9.17) is 21.7 Å². The molecule has 9 heteroatoms. The molecular formula is C17H17F2N3O3S. The van der Waals surface area contributed by atoms with Gasteiger partial charge in [0.1, 0.15) is 5.75 Å². The highest BCUT2D eigenvalue weighted by Gasteiger charge is 2.14. The minimum absolute atomic E-state index is 0.112. The largest absolute Gasteiger partial charge is 0.495 e. The number of methoxy groups -OCH3 is 2. The Morgan fingerprint density at radius 2 is 1.77 bits per heavy atom. The van der Waals surface area contributed by atoms with Crippen molar-refractivity contribution >= 4 is 29.2 Å². The smallest absolute Gasteiger partial charge is 0.387 e. The normalized spacial score (nSPS) is 10.7. The summed E-state index contributed by atoms with van der Waals surface area (Å²) >= 11 is 5.14. The number of rotatable bonds is 7. The van der Waals surface area contributed by atoms with Crippen LogP contribution in [0.5, 0.6) is 17.2 Å². The van der Waals surface area contributed by atoms with Crippen LogP contribution in [0.2, 0.25) is 0 Å². The first-order valence-corrected chi connectivity index (χ1v) is 7.81. The Morgan fingerprint density at radius 1 is 1.08 bits per heavy atom. The van der Waals surface area contributed by atoms with Crippen LogP contribution in [0, 0.1) is 0 Å². The maximum atomic E-state index is 12.6. The van der Waals surface area contributed by atoms with Gasteiger partial charge in [-0.05, 0) is 36.5 Å². The molecule has 0 unspecified atom stereocenters. The Labute approximate surface area is 154 Å². The van der Waals surface area contributed by atoms with Gasteiger partial charge in [0, 0.05) is 5.56 Å². The average molecular weight is 381 g/mol. The van der Waals surface area contributed by atoms with Gasteiger partial charge in [0.2, 0.25) is 0 Å². The second kappa shape index (κ2) is 9.52. The lowest BCUT2D eigenvalue weighted by atomic mass is 10.2. The van der Waals surface area contributed by atoms with E-state index in [1.165, 1.54) is 19.4 Å². The van der Waals surface area contributed by atoms with Crippen LogP contribution in [-0.4, -0.2) is 32.2 Å². The van der Waals surface area contributed by atoms with Crippen molar-refractivity contribution in [3.05, 3.63) is 48.0 Å². The standard InChI is InChI=1S/C17H17F2N3O3S/c1-23-13-8-4-3-7-12(13)21-17(26)22-20-10-11-6-5-9-14(24-2)15(11)25-16(18)19/h3-10,16H,1-2H3,(H2,21,22,26)/b20-10-. The number of nitrogens with one attached hydrogen (secondary N) is 2. The zero-order chi connectivity index (χ0) is 18.9. The molecule has 0 aliphatic rings. The SMILES string of the molecule is COc1ccccc1NC(=S)N/N=C\c1cccc(OC)c1OC(F)F. The Morgan fingerprint density at radius 3 is 2.46 bits per heavy atom. The number of benzene rings is 2. The minimum atomic E-state index is -2.99. The van der Waals surface area contributed by atoms with Gasteiger partial charge in [-0.2, -0.15) is 13.9 Å². The topological polar surface area (TPSA) is 64.1 Å². The van der Waals surface area contributed by atoms with Crippen LogP contribution >= 0.6 is 12.2 Å². The number of hydrogen-bond donors (Lipinski definition) is 2. The first-order chi connectivity index (χ1) is 12.5. The van der Waals surface area contributed by atoms with E-state index in [0.29, 0.717) is 17.0 Å². The lowest BCUT2D eigenvalue weighted by Gasteiger charge is -2.12. The molecule has 0 radical (unpaired) electrons. The summed E-state index contributed by atoms with van der Waals surface area (Å²) in [6.45, 7) is -2.99. The van der Waals surface area contributed by atoms with Crippen molar-refractivity contribution in [3.8, 4) is 17.2 Å². The molecule has 0 amide bonds. The van der Waals surface area contributed by atoms with Crippen LogP contribution in [0.3, 0.4) is 0 Å². The van der Waals surface area contributed by atoms with E-state index in [1.54, 1.807) is 31.4 Å². The van der Waals surface area contributed by atoms with Crippen molar-refractivity contribution in [2.45, 2.75) is 6.61 Å². The molecule has 0 aromatic heterocycles. The summed E-state index contributed by atoms with van der Waals surface area (Å²) < 4.78 is 39.9. The third kappa shape index (κ3) is 5.28. The molecule has 0 fully saturated rings. The van der Waals surface area contributed by atoms with E-state index in [-0.39, 0.29) is 16.6 Å². The van der Waals surface area contributed by atoms with Gasteiger partial charge in [-0.1, -0.05) is 18.2 Å². The number of alkyl halides is 2. The van der Waals surface area contributed by atoms with Crippen LogP contribution in [0.1, 0.15) is 5.56 Å². The van der Waals surface area contributed by atoms with Crippen LogP contribution in [0.15, 0.2) is 47.6 Å². The highest BCUT2D eigenvalue weighted by molar-refractivity contribution is 7.80. The van der Waals surface area contributed by atoms with E-state index in [9.17, 15) is 8.78 Å². The molecule has 138 valence electrons. The molecule has 0 saturated heterocycles. The third-order valence-corrected chi connectivity index (χ3v) is 3.35. The molecule has 0 aliphatic carbocycles. The molecule has 0 spiro atoms. The van der Waals surface area contributed by atoms with E-state index in [2.05, 4.69) is 20.6 Å². The predicted octanol–water partition coefficient (Wildman–Crippen LogP) is 3.63. The van der Waals surface area contributed by atoms with Crippen molar-refractivity contribution in [1.29, 1.82) is 0 Å². The second-order valence-corrected chi connectivity index (χ2v) is 5.19. The van der Waals surface area contributed by atoms with Gasteiger partial charge >= 0.3 is 6.61 Å². The van der Waals surface area contributed by atoms with Crippen molar-refractivity contribution in [2.24, 2.45) is 5.10 Å². The molecule has 0 atom stereocenters. The number of para-hydroxylation sites is 3. The fourth-order valence-corrected chi connectivity index (χ4v) is 2.23. The van der Waals surface area contributed by atoms with Crippen LogP contribution < -0.4 is 25.0 Å². The van der Waals surface area contributed by atoms with E-state index in [1.807, 2.05) is 12.1 Å². The predicted molar refractivity (Wildman–Crippen MR) is 99.6 cm³/mol. The quantitative estimate of drug-likeness (QED) is 0.434. The zero-order valence-corrected chi connectivity index (χ0v) is 14.8. The Balaban J connectivity index is 2.07. The van der Waals surface area contributed by atoms with Gasteiger partial charge in [0.15, 0.2) is 16.6 Å². The number of halogens is 2. The van der Waals surface area contributed by atoms with Gasteiger partial charge in [-0.25, -0.2) is 0 Å². The molecule has 0 heterocycles. The Hall–Kier alpha value is -2.94. The summed E-state index contributed by atoms with van der Waals surface area (Å²) in [5.41, 5.74) is 3.56. The number of ether oxygens (including phenoxy) is 3. The van der Waals surface area contributed by atoms with Crippen LogP contribution in [0.25, 0.3) is 0 Å². The molecule has 2 aromatic carbocycles. The van der Waals surface area contributed by atoms with Gasteiger partial charge in [-0.3, -0.25) is 5.43 Å². The van der Waals surface area contributed by atoms with E-state index < -0.39 is 6.61 Å². The van der Waals surface area contributed by atoms with Gasteiger partial charge < -0.3 is 19.5 Å². The van der Waals surface area contributed by atoms with E-state index in [0.717, 1.165) is 0 Å². The number of thiocarbonyl (C=S) groups is 1. The molecule has 0 bridgehead atoms. The van der Waals surface area contributed by atoms with Gasteiger partial charge in [-0.15, -0.1) is 0 Å². The second-order valence-electron chi connectivity index (χ2n) is 4.78. The van der Waals surface area contributed by atoms with Crippen LogP contribution in [-0.2, 0) is 0 Å². The zero-order valence-electron chi connectivity index (χ0n) is 14.0. The average Bonchev–Trinajstić information content (AvgIpc) is 2.63. The summed E-state index contributed by atoms with van der Waals surface area (Å²) in [7, 11) is 2.90. The number of hydrazone groups is 1. The molecule has 2 rings (SSSR count). The molecule has 6 nitrogen and oxygen atoms in total. The lowest BCUT2D eigenvalue weighted by Crippen LogP contribution is -2.24. The molecular weight excluding hydrogens is 364 g/mol. The van der Waals surface area contributed by atoms with Crippen molar-refractivity contribution in [3.63, 3.8) is 0 Å². The van der Waals surface area contributed by atoms with Crippen molar-refractivity contribution in [2.75, 3.05) is 19.5 Å². The van der Waals surface area contributed by atoms with Gasteiger partial charge in [0.25, 0.3) is 0 Å². The summed E-state index contributed by atoms with van der Waals surface area (Å²) in [6.07, 6.45) is 1.30. The number of nitrogens with zero attached hydrogens (tertiary/aromatic N) is 1. The number of hydrogen-bond acceptors (Lipinski definition) is 5. The first kappa shape index (κ1) is 19.4. The lowest BCUT2D eigenvalue weighted by molar-refractivity contribution is -0.0513. The Kier molecular flexibility index (Phi) is 7.10. The highest BCUT2D eigenvalue weighted by Crippen LogP contribution is 2.31. The summed E-state index contributed by atoms with van der Waals surface area (Å²) in [5, 5.41) is 7.06. The van der Waals surface area contributed by atoms with Crippen molar-refractivity contribution < 1.29 is 23.0 Å². The highest BCUT2D eigenvalue weighted by atomic mass is 32.1. The monoisotopic (exact) mass is 381 g/mol. The molecule has 0 saturated carbocycles. The molecule has 2 aromatic rings. The van der Waals surface area contributed by atoms with Crippen LogP contribution in [0.4, 0.5) is 14.5 Å². The van der Waals surface area contributed by atoms with Gasteiger partial charge in [0.05, 0.1) is 26.1 Å². The molecule has 0 aliphatic heterocycles. The fourth-order valence-electron chi connectivity index (χ4n) is 2.07. The van der Waals surface area contributed by atoms with E-state index >= 15 is 0 Å².